The number of halogens is 1. The number of hydrogen-bond donors (Lipinski definition) is 1. The standard InChI is InChI=1S/C16H14ClNO4/c1-10-6-7-13(11(8-10)16(20)21)18-15(19)9-22-14-5-3-2-4-12(14)17/h2-8H,9H2,1H3,(H,18,19)(H,20,21)/p-1. The number of hydrogen-bond acceptors (Lipinski definition) is 4. The molecule has 5 nitrogen and oxygen atoms in total. The highest BCUT2D eigenvalue weighted by Crippen LogP contribution is 2.23. The maximum Gasteiger partial charge on any atom is 0.262 e. The van der Waals surface area contributed by atoms with Gasteiger partial charge in [0.2, 0.25) is 0 Å². The number of aryl methyl sites for hydroxylation is 1. The maximum atomic E-state index is 11.9. The Kier molecular flexibility index (Phi) is 5.01. The van der Waals surface area contributed by atoms with E-state index in [1.54, 1.807) is 37.3 Å². The summed E-state index contributed by atoms with van der Waals surface area (Å²) < 4.78 is 5.29. The van der Waals surface area contributed by atoms with Crippen molar-refractivity contribution in [3.05, 3.63) is 58.6 Å². The van der Waals surface area contributed by atoms with Gasteiger partial charge in [0.05, 0.1) is 11.0 Å². The molecule has 0 aromatic heterocycles. The summed E-state index contributed by atoms with van der Waals surface area (Å²) in [5, 5.41) is 13.9. The lowest BCUT2D eigenvalue weighted by atomic mass is 10.1. The number of anilines is 1. The molecule has 6 heteroatoms. The lowest BCUT2D eigenvalue weighted by Crippen LogP contribution is -2.26. The van der Waals surface area contributed by atoms with E-state index in [1.807, 2.05) is 0 Å². The highest BCUT2D eigenvalue weighted by atomic mass is 35.5. The maximum absolute atomic E-state index is 11.9. The average molecular weight is 319 g/mol. The highest BCUT2D eigenvalue weighted by Gasteiger charge is 2.09. The summed E-state index contributed by atoms with van der Waals surface area (Å²) in [4.78, 5) is 22.9. The minimum Gasteiger partial charge on any atom is -0.545 e. The number of para-hydroxylation sites is 1. The Hall–Kier alpha value is -2.53. The molecule has 0 bridgehead atoms. The van der Waals surface area contributed by atoms with E-state index < -0.39 is 11.9 Å². The molecule has 0 atom stereocenters. The minimum atomic E-state index is -1.36. The molecule has 0 aliphatic rings. The largest absolute Gasteiger partial charge is 0.545 e. The van der Waals surface area contributed by atoms with Crippen LogP contribution in [-0.4, -0.2) is 18.5 Å². The van der Waals surface area contributed by atoms with Crippen LogP contribution in [0.1, 0.15) is 15.9 Å². The molecule has 2 aromatic rings. The van der Waals surface area contributed by atoms with E-state index in [0.717, 1.165) is 5.56 Å². The number of carboxylic acids is 1. The summed E-state index contributed by atoms with van der Waals surface area (Å²) in [7, 11) is 0. The summed E-state index contributed by atoms with van der Waals surface area (Å²) in [6.07, 6.45) is 0. The number of nitrogens with one attached hydrogen (secondary N) is 1. The second-order valence-electron chi connectivity index (χ2n) is 4.60. The Labute approximate surface area is 132 Å². The second-order valence-corrected chi connectivity index (χ2v) is 5.01. The number of carbonyl (C=O) groups excluding carboxylic acids is 2. The van der Waals surface area contributed by atoms with Crippen LogP contribution in [0.5, 0.6) is 5.75 Å². The third-order valence-electron chi connectivity index (χ3n) is 2.86. The topological polar surface area (TPSA) is 78.5 Å². The van der Waals surface area contributed by atoms with Gasteiger partial charge in [0.15, 0.2) is 6.61 Å². The van der Waals surface area contributed by atoms with E-state index in [2.05, 4.69) is 5.32 Å². The smallest absolute Gasteiger partial charge is 0.262 e. The van der Waals surface area contributed by atoms with Gasteiger partial charge in [-0.25, -0.2) is 0 Å². The number of carboxylic acid groups (broad SMARTS) is 1. The fourth-order valence-corrected chi connectivity index (χ4v) is 2.02. The third-order valence-corrected chi connectivity index (χ3v) is 3.18. The van der Waals surface area contributed by atoms with Crippen LogP contribution in [-0.2, 0) is 4.79 Å². The molecule has 0 heterocycles. The van der Waals surface area contributed by atoms with E-state index >= 15 is 0 Å². The van der Waals surface area contributed by atoms with Crippen LogP contribution in [0.3, 0.4) is 0 Å². The molecular formula is C16H13ClNO4-. The average Bonchev–Trinajstić information content (AvgIpc) is 2.48. The normalized spacial score (nSPS) is 10.1. The van der Waals surface area contributed by atoms with E-state index in [-0.39, 0.29) is 17.9 Å². The summed E-state index contributed by atoms with van der Waals surface area (Å²) in [6, 6.07) is 11.4. The van der Waals surface area contributed by atoms with E-state index in [9.17, 15) is 14.7 Å². The number of ether oxygens (including phenoxy) is 1. The van der Waals surface area contributed by atoms with Crippen molar-refractivity contribution in [1.82, 2.24) is 0 Å². The zero-order valence-corrected chi connectivity index (χ0v) is 12.5. The van der Waals surface area contributed by atoms with Crippen LogP contribution in [0.15, 0.2) is 42.5 Å². The van der Waals surface area contributed by atoms with Crippen molar-refractivity contribution >= 4 is 29.2 Å². The Morgan fingerprint density at radius 2 is 1.95 bits per heavy atom. The number of amides is 1. The first-order valence-electron chi connectivity index (χ1n) is 6.46. The zero-order chi connectivity index (χ0) is 16.1. The molecule has 2 rings (SSSR count). The van der Waals surface area contributed by atoms with Gasteiger partial charge >= 0.3 is 0 Å². The third kappa shape index (κ3) is 3.99. The lowest BCUT2D eigenvalue weighted by Gasteiger charge is -2.13. The molecule has 114 valence electrons. The molecule has 0 saturated heterocycles. The number of carbonyl (C=O) groups is 2. The fourth-order valence-electron chi connectivity index (χ4n) is 1.83. The van der Waals surface area contributed by atoms with Gasteiger partial charge < -0.3 is 20.0 Å². The van der Waals surface area contributed by atoms with E-state index in [1.165, 1.54) is 12.1 Å². The van der Waals surface area contributed by atoms with E-state index in [0.29, 0.717) is 10.8 Å². The van der Waals surface area contributed by atoms with Gasteiger partial charge in [-0.15, -0.1) is 0 Å². The molecule has 0 aliphatic heterocycles. The first-order valence-corrected chi connectivity index (χ1v) is 6.84. The van der Waals surface area contributed by atoms with Crippen molar-refractivity contribution in [1.29, 1.82) is 0 Å². The van der Waals surface area contributed by atoms with Crippen molar-refractivity contribution in [2.75, 3.05) is 11.9 Å². The van der Waals surface area contributed by atoms with Crippen LogP contribution >= 0.6 is 11.6 Å². The van der Waals surface area contributed by atoms with Crippen LogP contribution in [0.2, 0.25) is 5.02 Å². The molecule has 1 N–H and O–H groups in total. The van der Waals surface area contributed by atoms with Crippen LogP contribution in [0.4, 0.5) is 5.69 Å². The Morgan fingerprint density at radius 3 is 2.64 bits per heavy atom. The predicted octanol–water partition coefficient (Wildman–Crippen LogP) is 2.03. The first kappa shape index (κ1) is 15.9. The second kappa shape index (κ2) is 6.95. The minimum absolute atomic E-state index is 0.0777. The van der Waals surface area contributed by atoms with Gasteiger partial charge in [0.1, 0.15) is 5.75 Å². The fraction of sp³-hybridized carbons (Fsp3) is 0.125. The molecular weight excluding hydrogens is 306 g/mol. The molecule has 22 heavy (non-hydrogen) atoms. The molecule has 0 radical (unpaired) electrons. The van der Waals surface area contributed by atoms with Crippen molar-refractivity contribution in [3.63, 3.8) is 0 Å². The van der Waals surface area contributed by atoms with E-state index in [4.69, 9.17) is 16.3 Å². The molecule has 1 amide bonds. The monoisotopic (exact) mass is 318 g/mol. The summed E-state index contributed by atoms with van der Waals surface area (Å²) in [5.74, 6) is -1.47. The van der Waals surface area contributed by atoms with Crippen molar-refractivity contribution in [2.45, 2.75) is 6.92 Å². The van der Waals surface area contributed by atoms with Crippen molar-refractivity contribution < 1.29 is 19.4 Å². The van der Waals surface area contributed by atoms with Gasteiger partial charge in [0, 0.05) is 11.3 Å². The molecule has 0 saturated carbocycles. The van der Waals surface area contributed by atoms with Gasteiger partial charge in [-0.3, -0.25) is 4.79 Å². The summed E-state index contributed by atoms with van der Waals surface area (Å²) in [6.45, 7) is 1.46. The van der Waals surface area contributed by atoms with Gasteiger partial charge in [0.25, 0.3) is 5.91 Å². The molecule has 0 unspecified atom stereocenters. The number of rotatable bonds is 5. The molecule has 2 aromatic carbocycles. The van der Waals surface area contributed by atoms with Crippen LogP contribution in [0, 0.1) is 6.92 Å². The quantitative estimate of drug-likeness (QED) is 0.915. The van der Waals surface area contributed by atoms with Crippen molar-refractivity contribution in [3.8, 4) is 5.75 Å². The Morgan fingerprint density at radius 1 is 1.23 bits per heavy atom. The summed E-state index contributed by atoms with van der Waals surface area (Å²) >= 11 is 5.91. The molecule has 0 aliphatic carbocycles. The predicted molar refractivity (Wildman–Crippen MR) is 81.1 cm³/mol. The van der Waals surface area contributed by atoms with Crippen molar-refractivity contribution in [2.24, 2.45) is 0 Å². The number of benzene rings is 2. The van der Waals surface area contributed by atoms with Crippen LogP contribution < -0.4 is 15.2 Å². The zero-order valence-electron chi connectivity index (χ0n) is 11.8. The highest BCUT2D eigenvalue weighted by molar-refractivity contribution is 6.32. The van der Waals surface area contributed by atoms with Crippen LogP contribution in [0.25, 0.3) is 0 Å². The Bertz CT molecular complexity index is 715. The number of aromatic carboxylic acids is 1. The van der Waals surface area contributed by atoms with Gasteiger partial charge in [-0.2, -0.15) is 0 Å². The lowest BCUT2D eigenvalue weighted by molar-refractivity contribution is -0.254. The Balaban J connectivity index is 2.04. The summed E-state index contributed by atoms with van der Waals surface area (Å²) in [5.41, 5.74) is 0.842. The van der Waals surface area contributed by atoms with Gasteiger partial charge in [-0.05, 0) is 31.2 Å². The molecule has 0 spiro atoms. The first-order chi connectivity index (χ1) is 10.5. The molecule has 0 fully saturated rings. The van der Waals surface area contributed by atoms with Gasteiger partial charge in [-0.1, -0.05) is 35.4 Å². The SMILES string of the molecule is Cc1ccc(NC(=O)COc2ccccc2Cl)c(C(=O)[O-])c1.